The van der Waals surface area contributed by atoms with Crippen LogP contribution in [0, 0.1) is 0 Å². The second-order valence-corrected chi connectivity index (χ2v) is 9.70. The van der Waals surface area contributed by atoms with Crippen LogP contribution in [0.15, 0.2) is 78.4 Å². The molecule has 2 aromatic heterocycles. The molecule has 2 heterocycles. The van der Waals surface area contributed by atoms with Crippen LogP contribution in [0.4, 0.5) is 0 Å². The highest BCUT2D eigenvalue weighted by Crippen LogP contribution is 2.23. The fourth-order valence-corrected chi connectivity index (χ4v) is 5.09. The Morgan fingerprint density at radius 2 is 1.27 bits per heavy atom. The summed E-state index contributed by atoms with van der Waals surface area (Å²) in [6, 6.07) is 16.3. The van der Waals surface area contributed by atoms with Crippen LogP contribution in [0.25, 0.3) is 22.5 Å². The highest BCUT2D eigenvalue weighted by atomic mass is 79.9. The summed E-state index contributed by atoms with van der Waals surface area (Å²) in [5, 5.41) is 11.5. The topological polar surface area (TPSA) is 86.6 Å². The summed E-state index contributed by atoms with van der Waals surface area (Å²) in [4.78, 5) is 1.62. The Hall–Kier alpha value is -2.14. The second-order valence-electron chi connectivity index (χ2n) is 6.20. The zero-order valence-corrected chi connectivity index (χ0v) is 21.1. The molecule has 0 amide bonds. The van der Waals surface area contributed by atoms with Crippen LogP contribution in [-0.2, 0) is 14.1 Å². The van der Waals surface area contributed by atoms with Gasteiger partial charge in [-0.1, -0.05) is 56.1 Å². The van der Waals surface area contributed by atoms with E-state index < -0.39 is 0 Å². The van der Waals surface area contributed by atoms with Crippen LogP contribution in [0.3, 0.4) is 0 Å². The molecule has 4 aromatic rings. The van der Waals surface area contributed by atoms with Crippen LogP contribution < -0.4 is 21.3 Å². The quantitative estimate of drug-likeness (QED) is 0.274. The number of hydrogen-bond donors (Lipinski definition) is 2. The van der Waals surface area contributed by atoms with E-state index in [0.29, 0.717) is 0 Å². The first-order valence-electron chi connectivity index (χ1n) is 8.73. The fourth-order valence-electron chi connectivity index (χ4n) is 2.77. The normalized spacial score (nSPS) is 12.0. The molecule has 0 bridgehead atoms. The molecule has 0 unspecified atom stereocenters. The van der Waals surface area contributed by atoms with Gasteiger partial charge in [0.2, 0.25) is 9.60 Å². The Morgan fingerprint density at radius 1 is 0.733 bits per heavy atom. The minimum absolute atomic E-state index is 0.810. The lowest BCUT2D eigenvalue weighted by Gasteiger charge is -2.02. The number of rotatable bonds is 2. The van der Waals surface area contributed by atoms with Gasteiger partial charge in [-0.25, -0.2) is 0 Å². The minimum Gasteiger partial charge on any atom is -0.320 e. The van der Waals surface area contributed by atoms with E-state index in [1.807, 2.05) is 52.9 Å². The van der Waals surface area contributed by atoms with Crippen molar-refractivity contribution >= 4 is 54.5 Å². The zero-order chi connectivity index (χ0) is 21.7. The molecule has 0 fully saturated rings. The summed E-state index contributed by atoms with van der Waals surface area (Å²) in [5.41, 5.74) is 4.55. The molecule has 0 atom stereocenters. The van der Waals surface area contributed by atoms with Gasteiger partial charge in [0, 0.05) is 39.4 Å². The number of hydrogen-bond acceptors (Lipinski definition) is 6. The second kappa shape index (κ2) is 10.3. The van der Waals surface area contributed by atoms with E-state index in [1.54, 1.807) is 0 Å². The van der Waals surface area contributed by atoms with Crippen LogP contribution in [0.5, 0.6) is 0 Å². The molecule has 4 rings (SSSR count). The van der Waals surface area contributed by atoms with Crippen molar-refractivity contribution in [1.29, 1.82) is 0 Å². The molecular formula is C20H20Br2N6S2. The maximum atomic E-state index is 5.28. The standard InChI is InChI=1S/2C10H10BrN3S/c1-14-9(6-15-10(14)13-12)7-2-4-8(11)5-3-7;1-14-9(6-15-10(14)13-12)7-3-2-4-8(11)5-7/h2*2-6H,12H2,1H3. The van der Waals surface area contributed by atoms with Crippen molar-refractivity contribution in [2.45, 2.75) is 0 Å². The molecule has 0 aliphatic carbocycles. The molecule has 2 aromatic carbocycles. The van der Waals surface area contributed by atoms with Crippen LogP contribution in [-0.4, -0.2) is 9.13 Å². The largest absolute Gasteiger partial charge is 0.320 e. The van der Waals surface area contributed by atoms with E-state index in [9.17, 15) is 0 Å². The summed E-state index contributed by atoms with van der Waals surface area (Å²) >= 11 is 9.93. The Morgan fingerprint density at radius 3 is 1.73 bits per heavy atom. The fraction of sp³-hybridized carbons (Fsp3) is 0.100. The van der Waals surface area contributed by atoms with Crippen molar-refractivity contribution in [3.05, 3.63) is 77.8 Å². The summed E-state index contributed by atoms with van der Waals surface area (Å²) in [7, 11) is 3.91. The maximum Gasteiger partial charge on any atom is 0.207 e. The van der Waals surface area contributed by atoms with Crippen molar-refractivity contribution in [1.82, 2.24) is 9.13 Å². The average molecular weight is 568 g/mol. The molecule has 0 aliphatic rings. The molecule has 10 heteroatoms. The summed E-state index contributed by atoms with van der Waals surface area (Å²) in [6.07, 6.45) is 0. The minimum atomic E-state index is 0.810. The van der Waals surface area contributed by atoms with Gasteiger partial charge >= 0.3 is 0 Å². The Balaban J connectivity index is 0.000000171. The predicted molar refractivity (Wildman–Crippen MR) is 132 cm³/mol. The van der Waals surface area contributed by atoms with Gasteiger partial charge in [-0.15, -0.1) is 22.7 Å². The van der Waals surface area contributed by atoms with Gasteiger partial charge in [0.15, 0.2) is 0 Å². The van der Waals surface area contributed by atoms with E-state index in [2.05, 4.69) is 71.7 Å². The number of nitrogens with two attached hydrogens (primary N) is 2. The van der Waals surface area contributed by atoms with Gasteiger partial charge in [0.05, 0.1) is 11.4 Å². The van der Waals surface area contributed by atoms with Gasteiger partial charge in [0.25, 0.3) is 0 Å². The van der Waals surface area contributed by atoms with Gasteiger partial charge in [-0.2, -0.15) is 10.2 Å². The number of halogens is 2. The summed E-state index contributed by atoms with van der Waals surface area (Å²) in [5.74, 6) is 10.6. The molecule has 0 saturated heterocycles. The first-order chi connectivity index (χ1) is 14.4. The van der Waals surface area contributed by atoms with Crippen LogP contribution in [0.1, 0.15) is 0 Å². The average Bonchev–Trinajstić information content (AvgIpc) is 3.31. The van der Waals surface area contributed by atoms with Gasteiger partial charge in [0.1, 0.15) is 0 Å². The third-order valence-corrected chi connectivity index (χ3v) is 7.21. The smallest absolute Gasteiger partial charge is 0.207 e. The Labute approximate surface area is 199 Å². The van der Waals surface area contributed by atoms with E-state index in [0.717, 1.165) is 41.1 Å². The highest BCUT2D eigenvalue weighted by Gasteiger charge is 2.05. The molecular weight excluding hydrogens is 548 g/mol. The van der Waals surface area contributed by atoms with Gasteiger partial charge < -0.3 is 20.8 Å². The number of nitrogens with zero attached hydrogens (tertiary/aromatic N) is 4. The first-order valence-corrected chi connectivity index (χ1v) is 12.1. The lowest BCUT2D eigenvalue weighted by Crippen LogP contribution is -2.13. The lowest BCUT2D eigenvalue weighted by molar-refractivity contribution is 0.862. The number of thiazole rings is 2. The molecule has 30 heavy (non-hydrogen) atoms. The third-order valence-electron chi connectivity index (χ3n) is 4.33. The van der Waals surface area contributed by atoms with E-state index in [4.69, 9.17) is 11.7 Å². The predicted octanol–water partition coefficient (Wildman–Crippen LogP) is 4.58. The van der Waals surface area contributed by atoms with E-state index >= 15 is 0 Å². The van der Waals surface area contributed by atoms with Crippen LogP contribution >= 0.6 is 54.5 Å². The SMILES string of the molecule is Cn1c(-c2ccc(Br)cc2)csc1=NN.Cn1c(-c2cccc(Br)c2)csc1=NN. The third kappa shape index (κ3) is 5.12. The monoisotopic (exact) mass is 566 g/mol. The lowest BCUT2D eigenvalue weighted by atomic mass is 10.2. The van der Waals surface area contributed by atoms with Crippen molar-refractivity contribution in [3.8, 4) is 22.5 Å². The summed E-state index contributed by atoms with van der Waals surface area (Å²) in [6.45, 7) is 0. The van der Waals surface area contributed by atoms with E-state index in [1.165, 1.54) is 22.7 Å². The maximum absolute atomic E-state index is 5.28. The van der Waals surface area contributed by atoms with Crippen LogP contribution in [0.2, 0.25) is 0 Å². The Kier molecular flexibility index (Phi) is 7.70. The highest BCUT2D eigenvalue weighted by molar-refractivity contribution is 9.10. The molecule has 6 nitrogen and oxygen atoms in total. The first kappa shape index (κ1) is 22.5. The Bertz CT molecular complexity index is 1270. The molecule has 0 spiro atoms. The van der Waals surface area contributed by atoms with Crippen molar-refractivity contribution in [2.24, 2.45) is 36.0 Å². The number of aromatic nitrogens is 2. The molecule has 0 saturated carbocycles. The molecule has 0 radical (unpaired) electrons. The van der Waals surface area contributed by atoms with E-state index in [-0.39, 0.29) is 0 Å². The molecule has 4 N–H and O–H groups in total. The zero-order valence-electron chi connectivity index (χ0n) is 16.3. The van der Waals surface area contributed by atoms with Gasteiger partial charge in [-0.05, 0) is 29.8 Å². The number of benzene rings is 2. The van der Waals surface area contributed by atoms with Gasteiger partial charge in [-0.3, -0.25) is 0 Å². The molecule has 0 aliphatic heterocycles. The van der Waals surface area contributed by atoms with Crippen molar-refractivity contribution in [2.75, 3.05) is 0 Å². The van der Waals surface area contributed by atoms with Crippen molar-refractivity contribution in [3.63, 3.8) is 0 Å². The summed E-state index contributed by atoms with van der Waals surface area (Å²) < 4.78 is 6.10. The molecule has 156 valence electrons. The van der Waals surface area contributed by atoms with Crippen molar-refractivity contribution < 1.29 is 0 Å².